The smallest absolute Gasteiger partial charge is 0.317 e. The predicted molar refractivity (Wildman–Crippen MR) is 53.5 cm³/mol. The summed E-state index contributed by atoms with van der Waals surface area (Å²) >= 11 is 0. The summed E-state index contributed by atoms with van der Waals surface area (Å²) in [6, 6.07) is 0. The summed E-state index contributed by atoms with van der Waals surface area (Å²) in [5.41, 5.74) is 0. The fraction of sp³-hybridized carbons (Fsp3) is 0.636. The molecule has 3 nitrogen and oxygen atoms in total. The molecule has 0 aromatic rings. The third-order valence-corrected chi connectivity index (χ3v) is 1.67. The van der Waals surface area contributed by atoms with Gasteiger partial charge in [-0.15, -0.1) is 11.8 Å². The van der Waals surface area contributed by atoms with Crippen LogP contribution in [-0.4, -0.2) is 18.4 Å². The minimum absolute atomic E-state index is 0.186. The van der Waals surface area contributed by atoms with Gasteiger partial charge in [0.1, 0.15) is 11.7 Å². The van der Waals surface area contributed by atoms with Crippen molar-refractivity contribution in [3.63, 3.8) is 0 Å². The number of ether oxygens (including phenoxy) is 1. The molecule has 0 fully saturated rings. The number of Topliss-reactive ketones (excluding diaryl/α,β-unsaturated/α-hetero) is 1. The number of esters is 1. The maximum Gasteiger partial charge on any atom is 0.317 e. The molecule has 0 N–H and O–H groups in total. The third-order valence-electron chi connectivity index (χ3n) is 1.67. The standard InChI is InChI=1S/C11H16O3/c1-4-6-7-8-10(9(3)12)11(13)14-5-2/h10H,4-5,8H2,1-3H3. The van der Waals surface area contributed by atoms with Gasteiger partial charge in [0.05, 0.1) is 6.61 Å². The Bertz CT molecular complexity index is 257. The Morgan fingerprint density at radius 2 is 1.93 bits per heavy atom. The number of rotatable bonds is 4. The van der Waals surface area contributed by atoms with Gasteiger partial charge in [-0.2, -0.15) is 0 Å². The minimum Gasteiger partial charge on any atom is -0.465 e. The van der Waals surface area contributed by atoms with E-state index in [1.54, 1.807) is 6.92 Å². The van der Waals surface area contributed by atoms with Crippen LogP contribution in [0.4, 0.5) is 0 Å². The fourth-order valence-corrected chi connectivity index (χ4v) is 0.935. The molecular formula is C11H16O3. The van der Waals surface area contributed by atoms with Crippen LogP contribution in [-0.2, 0) is 14.3 Å². The predicted octanol–water partition coefficient (Wildman–Crippen LogP) is 1.56. The number of carbonyl (C=O) groups excluding carboxylic acids is 2. The topological polar surface area (TPSA) is 43.4 Å². The zero-order valence-corrected chi connectivity index (χ0v) is 8.92. The van der Waals surface area contributed by atoms with Crippen molar-refractivity contribution in [2.75, 3.05) is 6.61 Å². The summed E-state index contributed by atoms with van der Waals surface area (Å²) in [5, 5.41) is 0. The molecule has 0 spiro atoms. The van der Waals surface area contributed by atoms with Crippen LogP contribution >= 0.6 is 0 Å². The molecule has 78 valence electrons. The van der Waals surface area contributed by atoms with Crippen molar-refractivity contribution in [1.82, 2.24) is 0 Å². The maximum atomic E-state index is 11.3. The van der Waals surface area contributed by atoms with E-state index in [4.69, 9.17) is 4.74 Å². The van der Waals surface area contributed by atoms with Gasteiger partial charge in [0, 0.05) is 12.8 Å². The molecule has 0 aromatic carbocycles. The fourth-order valence-electron chi connectivity index (χ4n) is 0.935. The second-order valence-electron chi connectivity index (χ2n) is 2.83. The lowest BCUT2D eigenvalue weighted by Crippen LogP contribution is -2.23. The zero-order valence-electron chi connectivity index (χ0n) is 8.92. The summed E-state index contributed by atoms with van der Waals surface area (Å²) in [4.78, 5) is 22.4. The first-order chi connectivity index (χ1) is 6.63. The van der Waals surface area contributed by atoms with E-state index in [1.165, 1.54) is 6.92 Å². The normalized spacial score (nSPS) is 11.1. The molecule has 0 heterocycles. The second-order valence-corrected chi connectivity index (χ2v) is 2.83. The van der Waals surface area contributed by atoms with E-state index >= 15 is 0 Å². The molecule has 3 heteroatoms. The van der Waals surface area contributed by atoms with Gasteiger partial charge < -0.3 is 4.74 Å². The molecule has 0 aromatic heterocycles. The molecule has 0 bridgehead atoms. The third kappa shape index (κ3) is 4.66. The molecule has 1 unspecified atom stereocenters. The van der Waals surface area contributed by atoms with Crippen molar-refractivity contribution in [2.24, 2.45) is 5.92 Å². The van der Waals surface area contributed by atoms with Gasteiger partial charge in [-0.05, 0) is 13.8 Å². The van der Waals surface area contributed by atoms with Gasteiger partial charge in [-0.1, -0.05) is 6.92 Å². The van der Waals surface area contributed by atoms with Crippen molar-refractivity contribution in [1.29, 1.82) is 0 Å². The van der Waals surface area contributed by atoms with E-state index in [1.807, 2.05) is 6.92 Å². The summed E-state index contributed by atoms with van der Waals surface area (Å²) in [6.07, 6.45) is 0.995. The Morgan fingerprint density at radius 1 is 1.29 bits per heavy atom. The highest BCUT2D eigenvalue weighted by Gasteiger charge is 2.23. The average Bonchev–Trinajstić information content (AvgIpc) is 2.12. The Kier molecular flexibility index (Phi) is 6.47. The van der Waals surface area contributed by atoms with Gasteiger partial charge in [0.25, 0.3) is 0 Å². The molecule has 0 aliphatic heterocycles. The lowest BCUT2D eigenvalue weighted by Gasteiger charge is -2.08. The summed E-state index contributed by atoms with van der Waals surface area (Å²) in [5.74, 6) is 4.24. The van der Waals surface area contributed by atoms with Gasteiger partial charge in [0.15, 0.2) is 0 Å². The van der Waals surface area contributed by atoms with Crippen molar-refractivity contribution in [3.8, 4) is 11.8 Å². The van der Waals surface area contributed by atoms with E-state index in [0.717, 1.165) is 6.42 Å². The molecule has 0 saturated carbocycles. The highest BCUT2D eigenvalue weighted by molar-refractivity contribution is 5.97. The average molecular weight is 196 g/mol. The van der Waals surface area contributed by atoms with Crippen LogP contribution in [0.3, 0.4) is 0 Å². The quantitative estimate of drug-likeness (QED) is 0.389. The van der Waals surface area contributed by atoms with Crippen LogP contribution in [0.5, 0.6) is 0 Å². The SMILES string of the molecule is CCC#CCC(C(C)=O)C(=O)OCC. The zero-order chi connectivity index (χ0) is 11.0. The van der Waals surface area contributed by atoms with Crippen LogP contribution in [0.2, 0.25) is 0 Å². The monoisotopic (exact) mass is 196 g/mol. The van der Waals surface area contributed by atoms with Crippen LogP contribution in [0.15, 0.2) is 0 Å². The van der Waals surface area contributed by atoms with Gasteiger partial charge in [0.2, 0.25) is 0 Å². The largest absolute Gasteiger partial charge is 0.465 e. The van der Waals surface area contributed by atoms with Crippen LogP contribution in [0.1, 0.15) is 33.6 Å². The highest BCUT2D eigenvalue weighted by atomic mass is 16.5. The first-order valence-electron chi connectivity index (χ1n) is 4.76. The molecule has 0 rings (SSSR count). The molecular weight excluding hydrogens is 180 g/mol. The van der Waals surface area contributed by atoms with Gasteiger partial charge in [-0.25, -0.2) is 0 Å². The summed E-state index contributed by atoms with van der Waals surface area (Å²) in [6.45, 7) is 5.31. The lowest BCUT2D eigenvalue weighted by atomic mass is 10.0. The first-order valence-corrected chi connectivity index (χ1v) is 4.76. The second kappa shape index (κ2) is 7.14. The Balaban J connectivity index is 4.29. The van der Waals surface area contributed by atoms with Crippen molar-refractivity contribution in [2.45, 2.75) is 33.6 Å². The molecule has 0 radical (unpaired) electrons. The van der Waals surface area contributed by atoms with E-state index in [0.29, 0.717) is 6.61 Å². The molecule has 14 heavy (non-hydrogen) atoms. The number of carbonyl (C=O) groups is 2. The van der Waals surface area contributed by atoms with Crippen molar-refractivity contribution < 1.29 is 14.3 Å². The van der Waals surface area contributed by atoms with Gasteiger partial charge in [-0.3, -0.25) is 9.59 Å². The first kappa shape index (κ1) is 12.7. The molecule has 0 amide bonds. The molecule has 0 aliphatic carbocycles. The van der Waals surface area contributed by atoms with Gasteiger partial charge >= 0.3 is 5.97 Å². The Hall–Kier alpha value is -1.30. The maximum absolute atomic E-state index is 11.3. The number of hydrogen-bond donors (Lipinski definition) is 0. The summed E-state index contributed by atoms with van der Waals surface area (Å²) < 4.78 is 4.77. The Labute approximate surface area is 84.8 Å². The van der Waals surface area contributed by atoms with Crippen LogP contribution in [0.25, 0.3) is 0 Å². The summed E-state index contributed by atoms with van der Waals surface area (Å²) in [7, 11) is 0. The molecule has 1 atom stereocenters. The highest BCUT2D eigenvalue weighted by Crippen LogP contribution is 2.06. The Morgan fingerprint density at radius 3 is 2.36 bits per heavy atom. The van der Waals surface area contributed by atoms with Crippen molar-refractivity contribution in [3.05, 3.63) is 0 Å². The van der Waals surface area contributed by atoms with E-state index in [9.17, 15) is 9.59 Å². The van der Waals surface area contributed by atoms with E-state index in [2.05, 4.69) is 11.8 Å². The van der Waals surface area contributed by atoms with E-state index in [-0.39, 0.29) is 12.2 Å². The van der Waals surface area contributed by atoms with Crippen LogP contribution < -0.4 is 0 Å². The number of hydrogen-bond acceptors (Lipinski definition) is 3. The minimum atomic E-state index is -0.714. The van der Waals surface area contributed by atoms with E-state index < -0.39 is 11.9 Å². The molecule has 0 saturated heterocycles. The molecule has 0 aliphatic rings. The lowest BCUT2D eigenvalue weighted by molar-refractivity contribution is -0.150. The van der Waals surface area contributed by atoms with Crippen molar-refractivity contribution >= 4 is 11.8 Å². The van der Waals surface area contributed by atoms with Crippen LogP contribution in [0, 0.1) is 17.8 Å². The number of ketones is 1.